The highest BCUT2D eigenvalue weighted by Crippen LogP contribution is 2.41. The van der Waals surface area contributed by atoms with Crippen molar-refractivity contribution >= 4 is 33.3 Å². The smallest absolute Gasteiger partial charge is 0.188 e. The maximum Gasteiger partial charge on any atom is 0.188 e. The first-order valence-electron chi connectivity index (χ1n) is 13.0. The normalized spacial score (nSPS) is 19.8. The van der Waals surface area contributed by atoms with Crippen molar-refractivity contribution in [1.82, 2.24) is 14.7 Å². The zero-order chi connectivity index (χ0) is 25.4. The van der Waals surface area contributed by atoms with E-state index in [-0.39, 0.29) is 6.79 Å². The molecule has 1 aromatic heterocycles. The number of halogens is 2. The first kappa shape index (κ1) is 24.6. The van der Waals surface area contributed by atoms with Gasteiger partial charge >= 0.3 is 0 Å². The Bertz CT molecular complexity index is 1410. The molecule has 2 unspecified atom stereocenters. The van der Waals surface area contributed by atoms with E-state index in [0.29, 0.717) is 44.9 Å². The first-order chi connectivity index (χ1) is 18.1. The van der Waals surface area contributed by atoms with Gasteiger partial charge in [-0.1, -0.05) is 35.9 Å². The van der Waals surface area contributed by atoms with Crippen LogP contribution in [0.25, 0.3) is 32.8 Å². The molecule has 37 heavy (non-hydrogen) atoms. The van der Waals surface area contributed by atoms with Crippen molar-refractivity contribution in [3.05, 3.63) is 59.5 Å². The summed E-state index contributed by atoms with van der Waals surface area (Å²) in [5, 5.41) is 7.49. The lowest BCUT2D eigenvalue weighted by Crippen LogP contribution is -2.46. The molecule has 2 aliphatic heterocycles. The van der Waals surface area contributed by atoms with Crippen molar-refractivity contribution in [2.24, 2.45) is 0 Å². The van der Waals surface area contributed by atoms with Crippen molar-refractivity contribution in [2.75, 3.05) is 33.7 Å². The molecule has 4 aromatic rings. The van der Waals surface area contributed by atoms with Crippen molar-refractivity contribution in [1.29, 1.82) is 0 Å². The van der Waals surface area contributed by atoms with Crippen molar-refractivity contribution in [2.45, 2.75) is 44.3 Å². The Kier molecular flexibility index (Phi) is 7.04. The molecule has 0 amide bonds. The summed E-state index contributed by atoms with van der Waals surface area (Å²) in [4.78, 5) is 2.61. The van der Waals surface area contributed by atoms with E-state index in [1.807, 2.05) is 53.3 Å². The van der Waals surface area contributed by atoms with E-state index in [9.17, 15) is 0 Å². The molecule has 2 aliphatic rings. The molecular formula is C29H31ClFN3O3. The third-order valence-corrected chi connectivity index (χ3v) is 7.93. The molecule has 2 bridgehead atoms. The van der Waals surface area contributed by atoms with E-state index < -0.39 is 5.82 Å². The highest BCUT2D eigenvalue weighted by molar-refractivity contribution is 6.34. The van der Waals surface area contributed by atoms with Gasteiger partial charge in [-0.05, 0) is 66.8 Å². The van der Waals surface area contributed by atoms with Crippen LogP contribution in [0.4, 0.5) is 4.39 Å². The number of hydrogen-bond donors (Lipinski definition) is 0. The molecule has 0 radical (unpaired) electrons. The van der Waals surface area contributed by atoms with E-state index >= 15 is 4.39 Å². The summed E-state index contributed by atoms with van der Waals surface area (Å²) >= 11 is 6.70. The average molecular weight is 524 g/mol. The van der Waals surface area contributed by atoms with Gasteiger partial charge < -0.3 is 14.2 Å². The largest absolute Gasteiger partial charge is 0.468 e. The summed E-state index contributed by atoms with van der Waals surface area (Å²) in [6.07, 6.45) is 6.44. The minimum atomic E-state index is -0.416. The van der Waals surface area contributed by atoms with E-state index in [2.05, 4.69) is 10.00 Å². The number of rotatable bonds is 9. The summed E-state index contributed by atoms with van der Waals surface area (Å²) in [6, 6.07) is 14.5. The van der Waals surface area contributed by atoms with Crippen LogP contribution in [0.15, 0.2) is 48.7 Å². The van der Waals surface area contributed by atoms with Crippen LogP contribution in [0, 0.1) is 5.82 Å². The molecule has 3 heterocycles. The maximum absolute atomic E-state index is 16.0. The van der Waals surface area contributed by atoms with Crippen LogP contribution in [0.5, 0.6) is 5.75 Å². The molecule has 3 aromatic carbocycles. The first-order valence-corrected chi connectivity index (χ1v) is 13.3. The van der Waals surface area contributed by atoms with Crippen LogP contribution in [0.2, 0.25) is 5.02 Å². The Morgan fingerprint density at radius 3 is 2.65 bits per heavy atom. The Labute approximate surface area is 220 Å². The molecule has 2 atom stereocenters. The van der Waals surface area contributed by atoms with Gasteiger partial charge in [0.25, 0.3) is 0 Å². The second-order valence-electron chi connectivity index (χ2n) is 9.99. The molecule has 194 valence electrons. The minimum Gasteiger partial charge on any atom is -0.468 e. The number of fused-ring (bicyclic) bond motifs is 4. The Morgan fingerprint density at radius 1 is 1.05 bits per heavy atom. The second-order valence-corrected chi connectivity index (χ2v) is 10.4. The molecule has 0 saturated carbocycles. The Hall–Kier alpha value is -2.71. The maximum atomic E-state index is 16.0. The van der Waals surface area contributed by atoms with Gasteiger partial charge in [-0.3, -0.25) is 9.58 Å². The highest BCUT2D eigenvalue weighted by atomic mass is 35.5. The number of benzene rings is 3. The number of morpholine rings is 1. The van der Waals surface area contributed by atoms with Crippen molar-refractivity contribution in [3.8, 4) is 16.9 Å². The van der Waals surface area contributed by atoms with Gasteiger partial charge in [0, 0.05) is 42.9 Å². The lowest BCUT2D eigenvalue weighted by atomic mass is 9.96. The zero-order valence-corrected chi connectivity index (χ0v) is 21.7. The van der Waals surface area contributed by atoms with Crippen molar-refractivity contribution < 1.29 is 18.6 Å². The van der Waals surface area contributed by atoms with Gasteiger partial charge in [0.05, 0.1) is 18.2 Å². The Morgan fingerprint density at radius 2 is 1.84 bits per heavy atom. The number of nitrogens with zero attached hydrogens (tertiary/aromatic N) is 3. The molecule has 8 heteroatoms. The number of methoxy groups -OCH3 is 1. The third-order valence-electron chi connectivity index (χ3n) is 7.63. The molecule has 6 rings (SSSR count). The Balaban J connectivity index is 1.25. The van der Waals surface area contributed by atoms with Gasteiger partial charge in [0.2, 0.25) is 0 Å². The lowest BCUT2D eigenvalue weighted by molar-refractivity contribution is -0.0151. The van der Waals surface area contributed by atoms with Gasteiger partial charge in [0.15, 0.2) is 12.6 Å². The lowest BCUT2D eigenvalue weighted by Gasteiger charge is -2.34. The summed E-state index contributed by atoms with van der Waals surface area (Å²) in [6.45, 7) is 3.65. The van der Waals surface area contributed by atoms with Gasteiger partial charge in [-0.25, -0.2) is 4.39 Å². The number of unbranched alkanes of at least 4 members (excludes halogenated alkanes) is 1. The molecule has 2 saturated heterocycles. The van der Waals surface area contributed by atoms with Crippen molar-refractivity contribution in [3.63, 3.8) is 0 Å². The minimum absolute atomic E-state index is 0.101. The highest BCUT2D eigenvalue weighted by Gasteiger charge is 2.36. The van der Waals surface area contributed by atoms with E-state index in [0.717, 1.165) is 49.9 Å². The van der Waals surface area contributed by atoms with Crippen LogP contribution in [0.1, 0.15) is 25.7 Å². The summed E-state index contributed by atoms with van der Waals surface area (Å²) < 4.78 is 34.3. The standard InChI is InChI=1S/C29H31ClFN3O3/c1-35-18-37-23-12-19-6-2-3-7-24(19)25(14-23)27-26(30)13-20-15-33(32-29(20)28(27)31)10-4-5-11-34-21-8-9-22(34)17-36-16-21/h2-3,6-7,12-15,21-22H,4-5,8-11,16-18H2,1H3. The summed E-state index contributed by atoms with van der Waals surface area (Å²) in [5.74, 6) is 0.172. The fourth-order valence-electron chi connectivity index (χ4n) is 5.85. The molecule has 6 nitrogen and oxygen atoms in total. The summed E-state index contributed by atoms with van der Waals surface area (Å²) in [7, 11) is 1.56. The molecule has 0 spiro atoms. The van der Waals surface area contributed by atoms with E-state index in [1.165, 1.54) is 12.8 Å². The van der Waals surface area contributed by atoms with Crippen LogP contribution in [-0.2, 0) is 16.0 Å². The van der Waals surface area contributed by atoms with Crippen LogP contribution >= 0.6 is 11.6 Å². The zero-order valence-electron chi connectivity index (χ0n) is 21.0. The predicted octanol–water partition coefficient (Wildman–Crippen LogP) is 6.28. The number of aromatic nitrogens is 2. The summed E-state index contributed by atoms with van der Waals surface area (Å²) in [5.41, 5.74) is 1.34. The van der Waals surface area contributed by atoms with E-state index in [4.69, 9.17) is 25.8 Å². The average Bonchev–Trinajstić information content (AvgIpc) is 3.40. The number of hydrogen-bond acceptors (Lipinski definition) is 5. The predicted molar refractivity (Wildman–Crippen MR) is 144 cm³/mol. The topological polar surface area (TPSA) is 48.8 Å². The number of aryl methyl sites for hydroxylation is 1. The SMILES string of the molecule is COCOc1cc(-c2c(Cl)cc3cn(CCCCN4C5CCC4COC5)nc3c2F)c2ccccc2c1. The fourth-order valence-corrected chi connectivity index (χ4v) is 6.16. The van der Waals surface area contributed by atoms with Crippen LogP contribution in [-0.4, -0.2) is 60.4 Å². The second kappa shape index (κ2) is 10.6. The van der Waals surface area contributed by atoms with Gasteiger partial charge in [0.1, 0.15) is 11.3 Å². The molecule has 0 aliphatic carbocycles. The van der Waals surface area contributed by atoms with Crippen LogP contribution < -0.4 is 4.74 Å². The van der Waals surface area contributed by atoms with Gasteiger partial charge in [-0.2, -0.15) is 5.10 Å². The third kappa shape index (κ3) is 4.81. The molecule has 2 fully saturated rings. The van der Waals surface area contributed by atoms with Gasteiger partial charge in [-0.15, -0.1) is 0 Å². The number of ether oxygens (including phenoxy) is 3. The van der Waals surface area contributed by atoms with E-state index in [1.54, 1.807) is 7.11 Å². The monoisotopic (exact) mass is 523 g/mol. The molecule has 0 N–H and O–H groups in total. The quantitative estimate of drug-likeness (QED) is 0.191. The van der Waals surface area contributed by atoms with Crippen LogP contribution in [0.3, 0.4) is 0 Å². The molecular weight excluding hydrogens is 493 g/mol. The fraction of sp³-hybridized carbons (Fsp3) is 0.414.